The highest BCUT2D eigenvalue weighted by Gasteiger charge is 2.22. The molecule has 1 aromatic carbocycles. The van der Waals surface area contributed by atoms with Crippen LogP contribution in [0.15, 0.2) is 30.5 Å². The molecule has 1 fully saturated rings. The summed E-state index contributed by atoms with van der Waals surface area (Å²) >= 11 is 12.5. The van der Waals surface area contributed by atoms with Gasteiger partial charge in [-0.05, 0) is 31.0 Å². The third-order valence-electron chi connectivity index (χ3n) is 4.00. The van der Waals surface area contributed by atoms with E-state index in [1.165, 1.54) is 0 Å². The Labute approximate surface area is 134 Å². The third kappa shape index (κ3) is 3.34. The fraction of sp³-hybridized carbons (Fsp3) is 0.400. The van der Waals surface area contributed by atoms with Gasteiger partial charge in [-0.25, -0.2) is 0 Å². The largest absolute Gasteiger partial charge is 0.382 e. The first-order valence-electron chi connectivity index (χ1n) is 7.09. The van der Waals surface area contributed by atoms with Crippen LogP contribution in [0.4, 0.5) is 5.82 Å². The highest BCUT2D eigenvalue weighted by atomic mass is 35.5. The summed E-state index contributed by atoms with van der Waals surface area (Å²) in [6.45, 7) is 2.81. The fourth-order valence-electron chi connectivity index (χ4n) is 2.81. The molecular formula is C15H18Cl2N4. The summed E-state index contributed by atoms with van der Waals surface area (Å²) < 4.78 is 1.98. The second-order valence-electron chi connectivity index (χ2n) is 5.43. The number of likely N-dealkylation sites (tertiary alicyclic amines) is 1. The number of benzene rings is 1. The summed E-state index contributed by atoms with van der Waals surface area (Å²) in [6.07, 6.45) is 4.08. The number of aromatic nitrogens is 2. The molecule has 0 aliphatic carbocycles. The summed E-state index contributed by atoms with van der Waals surface area (Å²) in [5.41, 5.74) is 6.69. The number of piperidine rings is 1. The van der Waals surface area contributed by atoms with Crippen molar-refractivity contribution in [2.24, 2.45) is 0 Å². The maximum absolute atomic E-state index is 6.24. The lowest BCUT2D eigenvalue weighted by Crippen LogP contribution is -2.34. The zero-order chi connectivity index (χ0) is 14.8. The molecule has 6 heteroatoms. The van der Waals surface area contributed by atoms with Crippen LogP contribution in [0.3, 0.4) is 0 Å². The molecule has 1 aliphatic rings. The second-order valence-corrected chi connectivity index (χ2v) is 6.24. The first-order valence-corrected chi connectivity index (χ1v) is 7.85. The van der Waals surface area contributed by atoms with Gasteiger partial charge in [-0.15, -0.1) is 0 Å². The van der Waals surface area contributed by atoms with Crippen LogP contribution in [-0.4, -0.2) is 27.8 Å². The van der Waals surface area contributed by atoms with Crippen molar-refractivity contribution in [3.05, 3.63) is 46.1 Å². The molecule has 1 aromatic heterocycles. The highest BCUT2D eigenvalue weighted by Crippen LogP contribution is 2.28. The Balaban J connectivity index is 1.61. The van der Waals surface area contributed by atoms with Crippen molar-refractivity contribution in [2.75, 3.05) is 18.8 Å². The van der Waals surface area contributed by atoms with Crippen LogP contribution in [0, 0.1) is 0 Å². The van der Waals surface area contributed by atoms with Gasteiger partial charge in [0, 0.05) is 41.4 Å². The van der Waals surface area contributed by atoms with E-state index >= 15 is 0 Å². The fourth-order valence-corrected chi connectivity index (χ4v) is 3.32. The number of rotatable bonds is 3. The molecule has 0 atom stereocenters. The topological polar surface area (TPSA) is 47.1 Å². The maximum atomic E-state index is 6.24. The monoisotopic (exact) mass is 324 g/mol. The van der Waals surface area contributed by atoms with E-state index in [1.807, 2.05) is 35.1 Å². The number of nitrogens with zero attached hydrogens (tertiary/aromatic N) is 3. The van der Waals surface area contributed by atoms with E-state index in [2.05, 4.69) is 10.00 Å². The summed E-state index contributed by atoms with van der Waals surface area (Å²) in [4.78, 5) is 2.39. The van der Waals surface area contributed by atoms with Crippen LogP contribution in [0.5, 0.6) is 0 Å². The molecule has 3 rings (SSSR count). The summed E-state index contributed by atoms with van der Waals surface area (Å²) in [6, 6.07) is 7.93. The van der Waals surface area contributed by atoms with E-state index in [9.17, 15) is 0 Å². The predicted octanol–water partition coefficient (Wildman–Crippen LogP) is 3.61. The van der Waals surface area contributed by atoms with Crippen LogP contribution in [0.2, 0.25) is 10.0 Å². The van der Waals surface area contributed by atoms with E-state index in [1.54, 1.807) is 0 Å². The Morgan fingerprint density at radius 3 is 2.38 bits per heavy atom. The molecule has 0 bridgehead atoms. The Morgan fingerprint density at radius 1 is 1.14 bits per heavy atom. The maximum Gasteiger partial charge on any atom is 0.145 e. The highest BCUT2D eigenvalue weighted by molar-refractivity contribution is 6.35. The van der Waals surface area contributed by atoms with Crippen LogP contribution in [0.25, 0.3) is 0 Å². The average Bonchev–Trinajstić information content (AvgIpc) is 2.90. The van der Waals surface area contributed by atoms with Gasteiger partial charge in [-0.3, -0.25) is 9.58 Å². The molecule has 2 aromatic rings. The van der Waals surface area contributed by atoms with Gasteiger partial charge in [-0.1, -0.05) is 29.3 Å². The molecule has 1 saturated heterocycles. The summed E-state index contributed by atoms with van der Waals surface area (Å²) in [5.74, 6) is 0.584. The molecule has 112 valence electrons. The first kappa shape index (κ1) is 14.7. The Kier molecular flexibility index (Phi) is 4.38. The van der Waals surface area contributed by atoms with Crippen molar-refractivity contribution in [2.45, 2.75) is 25.4 Å². The number of nitrogens with two attached hydrogens (primary N) is 1. The van der Waals surface area contributed by atoms with E-state index in [0.29, 0.717) is 11.9 Å². The predicted molar refractivity (Wildman–Crippen MR) is 86.6 cm³/mol. The Morgan fingerprint density at radius 2 is 1.81 bits per heavy atom. The molecule has 0 amide bonds. The van der Waals surface area contributed by atoms with Crippen LogP contribution in [0.1, 0.15) is 24.4 Å². The Bertz CT molecular complexity index is 598. The third-order valence-corrected chi connectivity index (χ3v) is 4.71. The normalized spacial score (nSPS) is 17.2. The van der Waals surface area contributed by atoms with Crippen LogP contribution in [-0.2, 0) is 6.54 Å². The van der Waals surface area contributed by atoms with Crippen molar-refractivity contribution in [3.8, 4) is 0 Å². The van der Waals surface area contributed by atoms with Gasteiger partial charge in [0.1, 0.15) is 5.82 Å². The van der Waals surface area contributed by atoms with Gasteiger partial charge >= 0.3 is 0 Å². The quantitative estimate of drug-likeness (QED) is 0.938. The Hall–Kier alpha value is -1.23. The van der Waals surface area contributed by atoms with Gasteiger partial charge in [0.15, 0.2) is 0 Å². The molecule has 0 saturated carbocycles. The number of hydrogen-bond acceptors (Lipinski definition) is 3. The summed E-state index contributed by atoms with van der Waals surface area (Å²) in [5, 5.41) is 5.79. The van der Waals surface area contributed by atoms with Crippen LogP contribution >= 0.6 is 23.2 Å². The van der Waals surface area contributed by atoms with Crippen molar-refractivity contribution in [3.63, 3.8) is 0 Å². The molecule has 2 N–H and O–H groups in total. The standard InChI is InChI=1S/C15H18Cl2N4/c16-13-2-1-3-14(17)12(13)10-20-7-4-11(5-8-20)21-9-6-15(18)19-21/h1-3,6,9,11H,4-5,7-8,10H2,(H2,18,19). The lowest BCUT2D eigenvalue weighted by molar-refractivity contribution is 0.173. The average molecular weight is 325 g/mol. The minimum absolute atomic E-state index is 0.431. The minimum atomic E-state index is 0.431. The van der Waals surface area contributed by atoms with Gasteiger partial charge in [-0.2, -0.15) is 5.10 Å². The summed E-state index contributed by atoms with van der Waals surface area (Å²) in [7, 11) is 0. The second kappa shape index (κ2) is 6.26. The molecule has 2 heterocycles. The van der Waals surface area contributed by atoms with E-state index in [4.69, 9.17) is 28.9 Å². The lowest BCUT2D eigenvalue weighted by atomic mass is 10.0. The number of halogens is 2. The van der Waals surface area contributed by atoms with E-state index in [0.717, 1.165) is 48.1 Å². The smallest absolute Gasteiger partial charge is 0.145 e. The van der Waals surface area contributed by atoms with Crippen molar-refractivity contribution >= 4 is 29.0 Å². The molecule has 1 aliphatic heterocycles. The van der Waals surface area contributed by atoms with Gasteiger partial charge in [0.25, 0.3) is 0 Å². The van der Waals surface area contributed by atoms with Crippen molar-refractivity contribution in [1.29, 1.82) is 0 Å². The molecular weight excluding hydrogens is 307 g/mol. The molecule has 4 nitrogen and oxygen atoms in total. The number of nitrogen functional groups attached to an aromatic ring is 1. The van der Waals surface area contributed by atoms with E-state index < -0.39 is 0 Å². The zero-order valence-electron chi connectivity index (χ0n) is 11.7. The zero-order valence-corrected chi connectivity index (χ0v) is 13.2. The van der Waals surface area contributed by atoms with Gasteiger partial charge in [0.2, 0.25) is 0 Å². The number of anilines is 1. The molecule has 0 spiro atoms. The number of hydrogen-bond donors (Lipinski definition) is 1. The van der Waals surface area contributed by atoms with Crippen molar-refractivity contribution in [1.82, 2.24) is 14.7 Å². The molecule has 0 radical (unpaired) electrons. The van der Waals surface area contributed by atoms with Crippen molar-refractivity contribution < 1.29 is 0 Å². The lowest BCUT2D eigenvalue weighted by Gasteiger charge is -2.32. The SMILES string of the molecule is Nc1ccn(C2CCN(Cc3c(Cl)cccc3Cl)CC2)n1. The molecule has 21 heavy (non-hydrogen) atoms. The van der Waals surface area contributed by atoms with Gasteiger partial charge in [0.05, 0.1) is 6.04 Å². The minimum Gasteiger partial charge on any atom is -0.382 e. The van der Waals surface area contributed by atoms with Gasteiger partial charge < -0.3 is 5.73 Å². The van der Waals surface area contributed by atoms with E-state index in [-0.39, 0.29) is 0 Å². The first-order chi connectivity index (χ1) is 10.1. The molecule has 0 unspecified atom stereocenters. The van der Waals surface area contributed by atoms with Crippen LogP contribution < -0.4 is 5.73 Å².